The normalized spacial score (nSPS) is 14.3. The zero-order valence-electron chi connectivity index (χ0n) is 32.4. The van der Waals surface area contributed by atoms with E-state index in [1.807, 2.05) is 0 Å². The maximum absolute atomic E-state index is 2.44. The summed E-state index contributed by atoms with van der Waals surface area (Å²) in [6.07, 6.45) is 0. The Kier molecular flexibility index (Phi) is 7.87. The van der Waals surface area contributed by atoms with E-state index >= 15 is 0 Å². The maximum atomic E-state index is 2.44. The molecule has 1 aliphatic carbocycles. The van der Waals surface area contributed by atoms with Crippen LogP contribution in [0.2, 0.25) is 0 Å². The molecule has 0 fully saturated rings. The summed E-state index contributed by atoms with van der Waals surface area (Å²) in [6, 6.07) is 71.3. The fourth-order valence-corrected chi connectivity index (χ4v) is 9.29. The quantitative estimate of drug-likeness (QED) is 0.169. The second-order valence-electron chi connectivity index (χ2n) is 16.2. The second-order valence-corrected chi connectivity index (χ2v) is 16.2. The Morgan fingerprint density at radius 2 is 0.875 bits per heavy atom. The van der Waals surface area contributed by atoms with Gasteiger partial charge < -0.3 is 9.80 Å². The monoisotopic (exact) mass is 720 g/mol. The van der Waals surface area contributed by atoms with Crippen molar-refractivity contribution in [3.05, 3.63) is 216 Å². The minimum Gasteiger partial charge on any atom is -0.310 e. The van der Waals surface area contributed by atoms with Crippen LogP contribution in [0.1, 0.15) is 49.9 Å². The van der Waals surface area contributed by atoms with Crippen molar-refractivity contribution in [2.24, 2.45) is 0 Å². The zero-order valence-corrected chi connectivity index (χ0v) is 32.4. The van der Waals surface area contributed by atoms with Gasteiger partial charge in [0, 0.05) is 33.6 Å². The molecule has 8 aromatic rings. The molecule has 1 heterocycles. The number of anilines is 6. The Morgan fingerprint density at radius 1 is 0.339 bits per heavy atom. The molecule has 2 nitrogen and oxygen atoms in total. The van der Waals surface area contributed by atoms with E-state index in [9.17, 15) is 0 Å². The molecule has 56 heavy (non-hydrogen) atoms. The van der Waals surface area contributed by atoms with Gasteiger partial charge >= 0.3 is 0 Å². The number of hydrogen-bond acceptors (Lipinski definition) is 2. The van der Waals surface area contributed by atoms with Crippen LogP contribution in [0.25, 0.3) is 33.4 Å². The summed E-state index contributed by atoms with van der Waals surface area (Å²) in [5, 5.41) is 0. The van der Waals surface area contributed by atoms with Crippen molar-refractivity contribution < 1.29 is 0 Å². The number of para-hydroxylation sites is 2. The fourth-order valence-electron chi connectivity index (χ4n) is 9.29. The van der Waals surface area contributed by atoms with Gasteiger partial charge in [0.1, 0.15) is 0 Å². The standard InChI is InChI=1S/C54H44N2/c1-53(2)47-23-12-11-22-45(47)46-32-31-44(36-50(46)53)55(42-29-26-38(27-30-42)37-16-7-5-8-17-37)43-21-15-18-39(34-43)40-28-33-49-52(35-40)56(41-19-9-6-10-20-41)51-25-14-13-24-48(51)54(49,3)4/h5-36H,1-4H3. The van der Waals surface area contributed by atoms with Gasteiger partial charge in [-0.1, -0.05) is 161 Å². The molecular weight excluding hydrogens is 677 g/mol. The SMILES string of the molecule is CC1(C)c2ccccc2-c2ccc(N(c3ccc(-c4ccccc4)cc3)c3cccc(-c4ccc5c(c4)N(c4ccccc4)c4ccccc4C5(C)C)c3)cc21. The fraction of sp³-hybridized carbons (Fsp3) is 0.111. The van der Waals surface area contributed by atoms with Gasteiger partial charge in [0.15, 0.2) is 0 Å². The van der Waals surface area contributed by atoms with Gasteiger partial charge in [-0.3, -0.25) is 0 Å². The van der Waals surface area contributed by atoms with Gasteiger partial charge in [0.05, 0.1) is 11.4 Å². The van der Waals surface area contributed by atoms with Gasteiger partial charge in [-0.25, -0.2) is 0 Å². The first-order valence-electron chi connectivity index (χ1n) is 19.7. The summed E-state index contributed by atoms with van der Waals surface area (Å²) >= 11 is 0. The van der Waals surface area contributed by atoms with Crippen LogP contribution in [0.4, 0.5) is 34.1 Å². The molecule has 0 radical (unpaired) electrons. The van der Waals surface area contributed by atoms with E-state index in [0.29, 0.717) is 0 Å². The van der Waals surface area contributed by atoms with Crippen LogP contribution < -0.4 is 9.80 Å². The lowest BCUT2D eigenvalue weighted by molar-refractivity contribution is 0.632. The van der Waals surface area contributed by atoms with Crippen LogP contribution in [0.5, 0.6) is 0 Å². The number of fused-ring (bicyclic) bond motifs is 5. The first-order chi connectivity index (χ1) is 27.3. The summed E-state index contributed by atoms with van der Waals surface area (Å²) < 4.78 is 0. The van der Waals surface area contributed by atoms with E-state index in [4.69, 9.17) is 0 Å². The molecule has 2 heteroatoms. The van der Waals surface area contributed by atoms with Crippen molar-refractivity contribution in [2.75, 3.05) is 9.80 Å². The summed E-state index contributed by atoms with van der Waals surface area (Å²) in [7, 11) is 0. The highest BCUT2D eigenvalue weighted by Crippen LogP contribution is 2.53. The third-order valence-electron chi connectivity index (χ3n) is 12.2. The third-order valence-corrected chi connectivity index (χ3v) is 12.2. The van der Waals surface area contributed by atoms with E-state index in [-0.39, 0.29) is 10.8 Å². The number of benzene rings is 8. The molecule has 0 spiro atoms. The number of rotatable bonds is 6. The third kappa shape index (κ3) is 5.39. The molecule has 0 aromatic heterocycles. The van der Waals surface area contributed by atoms with Crippen LogP contribution in [0.15, 0.2) is 194 Å². The highest BCUT2D eigenvalue weighted by molar-refractivity contribution is 5.90. The average molecular weight is 721 g/mol. The Hall–Kier alpha value is -6.64. The lowest BCUT2D eigenvalue weighted by Crippen LogP contribution is -2.30. The van der Waals surface area contributed by atoms with Gasteiger partial charge in [-0.15, -0.1) is 0 Å². The minimum atomic E-state index is -0.151. The van der Waals surface area contributed by atoms with Crippen molar-refractivity contribution in [1.82, 2.24) is 0 Å². The molecule has 0 saturated carbocycles. The molecular formula is C54H44N2. The minimum absolute atomic E-state index is 0.104. The lowest BCUT2D eigenvalue weighted by atomic mass is 9.73. The Bertz CT molecular complexity index is 2740. The molecule has 8 aromatic carbocycles. The van der Waals surface area contributed by atoms with E-state index in [2.05, 4.69) is 232 Å². The predicted octanol–water partition coefficient (Wildman–Crippen LogP) is 14.9. The molecule has 0 N–H and O–H groups in total. The Morgan fingerprint density at radius 3 is 1.66 bits per heavy atom. The maximum Gasteiger partial charge on any atom is 0.0508 e. The van der Waals surface area contributed by atoms with E-state index < -0.39 is 0 Å². The van der Waals surface area contributed by atoms with E-state index in [1.54, 1.807) is 0 Å². The van der Waals surface area contributed by atoms with Crippen molar-refractivity contribution in [2.45, 2.75) is 38.5 Å². The molecule has 2 aliphatic rings. The summed E-state index contributed by atoms with van der Waals surface area (Å²) in [5.41, 5.74) is 19.6. The number of hydrogen-bond donors (Lipinski definition) is 0. The molecule has 0 bridgehead atoms. The van der Waals surface area contributed by atoms with Crippen molar-refractivity contribution in [1.29, 1.82) is 0 Å². The van der Waals surface area contributed by atoms with Gasteiger partial charge in [-0.05, 0) is 116 Å². The largest absolute Gasteiger partial charge is 0.310 e. The van der Waals surface area contributed by atoms with Crippen LogP contribution in [0.3, 0.4) is 0 Å². The molecule has 270 valence electrons. The first-order valence-corrected chi connectivity index (χ1v) is 19.7. The Labute approximate surface area is 331 Å². The summed E-state index contributed by atoms with van der Waals surface area (Å²) in [5.74, 6) is 0. The average Bonchev–Trinajstić information content (AvgIpc) is 3.47. The smallest absolute Gasteiger partial charge is 0.0508 e. The van der Waals surface area contributed by atoms with E-state index in [0.717, 1.165) is 22.7 Å². The van der Waals surface area contributed by atoms with Crippen LogP contribution in [-0.4, -0.2) is 0 Å². The van der Waals surface area contributed by atoms with Gasteiger partial charge in [0.25, 0.3) is 0 Å². The van der Waals surface area contributed by atoms with Crippen molar-refractivity contribution >= 4 is 34.1 Å². The van der Waals surface area contributed by atoms with Crippen molar-refractivity contribution in [3.8, 4) is 33.4 Å². The van der Waals surface area contributed by atoms with Crippen molar-refractivity contribution in [3.63, 3.8) is 0 Å². The number of nitrogens with zero attached hydrogens (tertiary/aromatic N) is 2. The molecule has 1 aliphatic heterocycles. The first kappa shape index (κ1) is 33.9. The molecule has 0 atom stereocenters. The summed E-state index contributed by atoms with van der Waals surface area (Å²) in [4.78, 5) is 4.86. The van der Waals surface area contributed by atoms with Crippen LogP contribution in [-0.2, 0) is 10.8 Å². The summed E-state index contributed by atoms with van der Waals surface area (Å²) in [6.45, 7) is 9.42. The molecule has 10 rings (SSSR count). The second kappa shape index (κ2) is 13.0. The topological polar surface area (TPSA) is 6.48 Å². The zero-order chi connectivity index (χ0) is 38.0. The molecule has 0 unspecified atom stereocenters. The predicted molar refractivity (Wildman–Crippen MR) is 236 cm³/mol. The van der Waals surface area contributed by atoms with E-state index in [1.165, 1.54) is 67.0 Å². The highest BCUT2D eigenvalue weighted by Gasteiger charge is 2.38. The molecule has 0 amide bonds. The Balaban J connectivity index is 1.11. The lowest BCUT2D eigenvalue weighted by Gasteiger charge is -2.42. The van der Waals surface area contributed by atoms with Crippen LogP contribution in [0, 0.1) is 0 Å². The van der Waals surface area contributed by atoms with Crippen LogP contribution >= 0.6 is 0 Å². The van der Waals surface area contributed by atoms with Gasteiger partial charge in [-0.2, -0.15) is 0 Å². The van der Waals surface area contributed by atoms with Gasteiger partial charge in [0.2, 0.25) is 0 Å². The molecule has 0 saturated heterocycles. The highest BCUT2D eigenvalue weighted by atomic mass is 15.2.